The van der Waals surface area contributed by atoms with Crippen LogP contribution in [0, 0.1) is 0 Å². The number of anilines is 1. The maximum Gasteiger partial charge on any atom is 0.414 e. The van der Waals surface area contributed by atoms with Crippen molar-refractivity contribution in [1.82, 2.24) is 9.55 Å². The molecule has 1 aromatic carbocycles. The summed E-state index contributed by atoms with van der Waals surface area (Å²) in [6.45, 7) is 7.80. The highest BCUT2D eigenvalue weighted by atomic mass is 16.6. The SMILES string of the molecule is CCn1c(NC(=O)OC(C)(C)C)nc2cc(C(=O)O)ccc21. The quantitative estimate of drug-likeness (QED) is 0.908. The van der Waals surface area contributed by atoms with E-state index in [0.29, 0.717) is 18.0 Å². The van der Waals surface area contributed by atoms with Crippen LogP contribution in [0.15, 0.2) is 18.2 Å². The van der Waals surface area contributed by atoms with Gasteiger partial charge in [-0.25, -0.2) is 14.6 Å². The van der Waals surface area contributed by atoms with E-state index in [-0.39, 0.29) is 5.56 Å². The van der Waals surface area contributed by atoms with Gasteiger partial charge in [-0.1, -0.05) is 0 Å². The van der Waals surface area contributed by atoms with Gasteiger partial charge in [0.05, 0.1) is 16.6 Å². The van der Waals surface area contributed by atoms with E-state index in [1.807, 2.05) is 6.92 Å². The molecule has 0 unspecified atom stereocenters. The number of nitrogens with zero attached hydrogens (tertiary/aromatic N) is 2. The molecule has 2 aromatic rings. The largest absolute Gasteiger partial charge is 0.478 e. The zero-order chi connectivity index (χ0) is 16.5. The van der Waals surface area contributed by atoms with E-state index in [1.54, 1.807) is 31.4 Å². The molecule has 1 heterocycles. The van der Waals surface area contributed by atoms with Gasteiger partial charge in [0.15, 0.2) is 0 Å². The molecular weight excluding hydrogens is 286 g/mol. The molecule has 22 heavy (non-hydrogen) atoms. The van der Waals surface area contributed by atoms with E-state index >= 15 is 0 Å². The number of carbonyl (C=O) groups is 2. The molecule has 7 heteroatoms. The van der Waals surface area contributed by atoms with Gasteiger partial charge in [-0.05, 0) is 45.9 Å². The lowest BCUT2D eigenvalue weighted by Crippen LogP contribution is -2.28. The number of aromatic carboxylic acids is 1. The summed E-state index contributed by atoms with van der Waals surface area (Å²) in [6.07, 6.45) is -0.601. The van der Waals surface area contributed by atoms with Gasteiger partial charge in [0, 0.05) is 6.54 Å². The monoisotopic (exact) mass is 305 g/mol. The molecule has 0 saturated carbocycles. The van der Waals surface area contributed by atoms with Crippen LogP contribution < -0.4 is 5.32 Å². The molecule has 0 atom stereocenters. The molecule has 1 aromatic heterocycles. The molecule has 0 spiro atoms. The molecule has 0 fully saturated rings. The summed E-state index contributed by atoms with van der Waals surface area (Å²) in [4.78, 5) is 27.2. The number of aryl methyl sites for hydroxylation is 1. The minimum atomic E-state index is -1.02. The van der Waals surface area contributed by atoms with Crippen molar-refractivity contribution in [1.29, 1.82) is 0 Å². The number of fused-ring (bicyclic) bond motifs is 1. The Balaban J connectivity index is 2.37. The zero-order valence-electron chi connectivity index (χ0n) is 13.0. The summed E-state index contributed by atoms with van der Waals surface area (Å²) in [6, 6.07) is 4.66. The molecule has 1 amide bonds. The molecule has 2 N–H and O–H groups in total. The highest BCUT2D eigenvalue weighted by molar-refractivity contribution is 5.94. The van der Waals surface area contributed by atoms with Gasteiger partial charge < -0.3 is 14.4 Å². The highest BCUT2D eigenvalue weighted by Crippen LogP contribution is 2.22. The van der Waals surface area contributed by atoms with Crippen molar-refractivity contribution in [3.63, 3.8) is 0 Å². The molecule has 0 saturated heterocycles. The van der Waals surface area contributed by atoms with Gasteiger partial charge in [0.2, 0.25) is 5.95 Å². The molecule has 2 rings (SSSR count). The molecule has 0 aliphatic carbocycles. The number of hydrogen-bond donors (Lipinski definition) is 2. The molecular formula is C15H19N3O4. The van der Waals surface area contributed by atoms with Crippen molar-refractivity contribution in [2.75, 3.05) is 5.32 Å². The van der Waals surface area contributed by atoms with Crippen LogP contribution in [-0.2, 0) is 11.3 Å². The predicted molar refractivity (Wildman–Crippen MR) is 82.2 cm³/mol. The third-order valence-corrected chi connectivity index (χ3v) is 2.92. The normalized spacial score (nSPS) is 11.5. The summed E-state index contributed by atoms with van der Waals surface area (Å²) in [7, 11) is 0. The predicted octanol–water partition coefficient (Wildman–Crippen LogP) is 3.10. The fraction of sp³-hybridized carbons (Fsp3) is 0.400. The number of imidazole rings is 1. The van der Waals surface area contributed by atoms with Crippen LogP contribution in [0.4, 0.5) is 10.7 Å². The number of aromatic nitrogens is 2. The number of rotatable bonds is 3. The fourth-order valence-corrected chi connectivity index (χ4v) is 2.07. The number of carboxylic acid groups (broad SMARTS) is 1. The zero-order valence-corrected chi connectivity index (χ0v) is 13.0. The number of carbonyl (C=O) groups excluding carboxylic acids is 1. The van der Waals surface area contributed by atoms with Crippen molar-refractivity contribution in [3.8, 4) is 0 Å². The summed E-state index contributed by atoms with van der Waals surface area (Å²) < 4.78 is 6.98. The second-order valence-corrected chi connectivity index (χ2v) is 5.82. The van der Waals surface area contributed by atoms with Crippen LogP contribution in [0.2, 0.25) is 0 Å². The van der Waals surface area contributed by atoms with Crippen LogP contribution in [0.25, 0.3) is 11.0 Å². The minimum Gasteiger partial charge on any atom is -0.478 e. The topological polar surface area (TPSA) is 93.5 Å². The average Bonchev–Trinajstić information content (AvgIpc) is 2.71. The highest BCUT2D eigenvalue weighted by Gasteiger charge is 2.19. The first kappa shape index (κ1) is 15.8. The first-order chi connectivity index (χ1) is 10.2. The second-order valence-electron chi connectivity index (χ2n) is 5.82. The van der Waals surface area contributed by atoms with Crippen molar-refractivity contribution < 1.29 is 19.4 Å². The maximum absolute atomic E-state index is 11.9. The smallest absolute Gasteiger partial charge is 0.414 e. The molecule has 0 bridgehead atoms. The van der Waals surface area contributed by atoms with Crippen molar-refractivity contribution in [3.05, 3.63) is 23.8 Å². The Morgan fingerprint density at radius 3 is 2.59 bits per heavy atom. The third-order valence-electron chi connectivity index (χ3n) is 2.92. The number of carboxylic acids is 1. The number of ether oxygens (including phenoxy) is 1. The van der Waals surface area contributed by atoms with Gasteiger partial charge in [-0.15, -0.1) is 0 Å². The number of hydrogen-bond acceptors (Lipinski definition) is 4. The van der Waals surface area contributed by atoms with Gasteiger partial charge in [0.1, 0.15) is 5.60 Å². The van der Waals surface area contributed by atoms with Crippen LogP contribution in [0.3, 0.4) is 0 Å². The van der Waals surface area contributed by atoms with Crippen molar-refractivity contribution >= 4 is 29.0 Å². The molecule has 0 radical (unpaired) electrons. The van der Waals surface area contributed by atoms with E-state index in [1.165, 1.54) is 12.1 Å². The summed E-state index contributed by atoms with van der Waals surface area (Å²) >= 11 is 0. The average molecular weight is 305 g/mol. The van der Waals surface area contributed by atoms with E-state index in [0.717, 1.165) is 5.52 Å². The Hall–Kier alpha value is -2.57. The Bertz CT molecular complexity index is 728. The molecule has 0 aliphatic heterocycles. The molecule has 0 aliphatic rings. The van der Waals surface area contributed by atoms with Gasteiger partial charge in [-0.3, -0.25) is 5.32 Å². The van der Waals surface area contributed by atoms with Crippen LogP contribution in [-0.4, -0.2) is 32.3 Å². The van der Waals surface area contributed by atoms with E-state index in [2.05, 4.69) is 10.3 Å². The fourth-order valence-electron chi connectivity index (χ4n) is 2.07. The van der Waals surface area contributed by atoms with E-state index < -0.39 is 17.7 Å². The number of nitrogens with one attached hydrogen (secondary N) is 1. The summed E-state index contributed by atoms with van der Waals surface area (Å²) in [5, 5.41) is 11.6. The standard InChI is InChI=1S/C15H19N3O4/c1-5-18-11-7-6-9(12(19)20)8-10(11)16-13(18)17-14(21)22-15(2,3)4/h6-8H,5H2,1-4H3,(H,19,20)(H,16,17,21). The van der Waals surface area contributed by atoms with Crippen LogP contribution >= 0.6 is 0 Å². The second kappa shape index (κ2) is 5.67. The number of benzene rings is 1. The lowest BCUT2D eigenvalue weighted by atomic mass is 10.2. The van der Waals surface area contributed by atoms with Crippen molar-refractivity contribution in [2.24, 2.45) is 0 Å². The minimum absolute atomic E-state index is 0.150. The Morgan fingerprint density at radius 1 is 1.36 bits per heavy atom. The lowest BCUT2D eigenvalue weighted by Gasteiger charge is -2.19. The van der Waals surface area contributed by atoms with Gasteiger partial charge >= 0.3 is 12.1 Å². The van der Waals surface area contributed by atoms with Crippen molar-refractivity contribution in [2.45, 2.75) is 39.8 Å². The lowest BCUT2D eigenvalue weighted by molar-refractivity contribution is 0.0632. The molecule has 7 nitrogen and oxygen atoms in total. The van der Waals surface area contributed by atoms with Crippen LogP contribution in [0.1, 0.15) is 38.1 Å². The van der Waals surface area contributed by atoms with Gasteiger partial charge in [-0.2, -0.15) is 0 Å². The molecule has 118 valence electrons. The summed E-state index contributed by atoms with van der Waals surface area (Å²) in [5.41, 5.74) is 0.798. The first-order valence-electron chi connectivity index (χ1n) is 6.95. The third kappa shape index (κ3) is 3.36. The Kier molecular flexibility index (Phi) is 4.07. The number of amides is 1. The van der Waals surface area contributed by atoms with E-state index in [9.17, 15) is 9.59 Å². The van der Waals surface area contributed by atoms with E-state index in [4.69, 9.17) is 9.84 Å². The Labute approximate surface area is 127 Å². The van der Waals surface area contributed by atoms with Gasteiger partial charge in [0.25, 0.3) is 0 Å². The summed E-state index contributed by atoms with van der Waals surface area (Å²) in [5.74, 6) is -0.691. The van der Waals surface area contributed by atoms with Crippen LogP contribution in [0.5, 0.6) is 0 Å². The first-order valence-corrected chi connectivity index (χ1v) is 6.95. The maximum atomic E-state index is 11.9. The Morgan fingerprint density at radius 2 is 2.05 bits per heavy atom.